The van der Waals surface area contributed by atoms with Gasteiger partial charge in [-0.15, -0.1) is 23.5 Å². The zero-order chi connectivity index (χ0) is 16.5. The Kier molecular flexibility index (Phi) is 5.21. The van der Waals surface area contributed by atoms with E-state index in [1.807, 2.05) is 11.8 Å². The molecule has 0 radical (unpaired) electrons. The van der Waals surface area contributed by atoms with Crippen LogP contribution in [0.25, 0.3) is 0 Å². The van der Waals surface area contributed by atoms with E-state index in [0.29, 0.717) is 17.6 Å². The lowest BCUT2D eigenvalue weighted by atomic mass is 9.70. The molecule has 6 heteroatoms. The Morgan fingerprint density at radius 2 is 1.96 bits per heavy atom. The summed E-state index contributed by atoms with van der Waals surface area (Å²) in [6, 6.07) is 0. The highest BCUT2D eigenvalue weighted by Gasteiger charge is 2.60. The monoisotopic (exact) mass is 357 g/mol. The van der Waals surface area contributed by atoms with Crippen LogP contribution in [0, 0.1) is 5.41 Å². The molecule has 4 nitrogen and oxygen atoms in total. The first-order chi connectivity index (χ1) is 11.0. The van der Waals surface area contributed by atoms with Gasteiger partial charge in [0.25, 0.3) is 0 Å². The predicted octanol–water partition coefficient (Wildman–Crippen LogP) is 3.30. The summed E-state index contributed by atoms with van der Waals surface area (Å²) < 4.78 is 5.78. The fourth-order valence-corrected chi connectivity index (χ4v) is 8.19. The third-order valence-electron chi connectivity index (χ3n) is 5.53. The first-order valence-corrected chi connectivity index (χ1v) is 10.8. The lowest BCUT2D eigenvalue weighted by Crippen LogP contribution is -2.48. The van der Waals surface area contributed by atoms with Crippen LogP contribution in [0.15, 0.2) is 0 Å². The minimum Gasteiger partial charge on any atom is -0.466 e. The van der Waals surface area contributed by atoms with Crippen LogP contribution >= 0.6 is 23.5 Å². The van der Waals surface area contributed by atoms with Crippen LogP contribution in [0.1, 0.15) is 52.4 Å². The van der Waals surface area contributed by atoms with Crippen molar-refractivity contribution in [2.75, 3.05) is 24.7 Å². The van der Waals surface area contributed by atoms with Gasteiger partial charge >= 0.3 is 5.97 Å². The van der Waals surface area contributed by atoms with Crippen molar-refractivity contribution in [1.82, 2.24) is 4.90 Å². The smallest absolute Gasteiger partial charge is 0.308 e. The van der Waals surface area contributed by atoms with Gasteiger partial charge in [0.1, 0.15) is 0 Å². The minimum absolute atomic E-state index is 0.115. The Balaban J connectivity index is 1.85. The van der Waals surface area contributed by atoms with Crippen LogP contribution in [-0.2, 0) is 14.3 Å². The molecule has 23 heavy (non-hydrogen) atoms. The van der Waals surface area contributed by atoms with E-state index in [1.54, 1.807) is 6.92 Å². The van der Waals surface area contributed by atoms with E-state index in [4.69, 9.17) is 4.74 Å². The van der Waals surface area contributed by atoms with Gasteiger partial charge in [0.2, 0.25) is 5.91 Å². The summed E-state index contributed by atoms with van der Waals surface area (Å²) in [4.78, 5) is 26.5. The molecule has 0 aromatic rings. The number of likely N-dealkylation sites (tertiary alicyclic amines) is 1. The lowest BCUT2D eigenvalue weighted by Gasteiger charge is -2.43. The molecule has 2 aliphatic heterocycles. The number of fused-ring (bicyclic) bond motifs is 2. The summed E-state index contributed by atoms with van der Waals surface area (Å²) in [5.74, 6) is 2.42. The largest absolute Gasteiger partial charge is 0.466 e. The highest BCUT2D eigenvalue weighted by atomic mass is 32.2. The van der Waals surface area contributed by atoms with Gasteiger partial charge in [-0.25, -0.2) is 0 Å². The van der Waals surface area contributed by atoms with Crippen molar-refractivity contribution in [3.05, 3.63) is 0 Å². The molecule has 130 valence electrons. The third-order valence-corrected chi connectivity index (χ3v) is 9.00. The summed E-state index contributed by atoms with van der Waals surface area (Å²) >= 11 is 4.14. The van der Waals surface area contributed by atoms with Gasteiger partial charge in [-0.3, -0.25) is 9.59 Å². The molecule has 2 atom stereocenters. The Labute approximate surface area is 147 Å². The van der Waals surface area contributed by atoms with Crippen LogP contribution in [0.2, 0.25) is 0 Å². The molecule has 0 aromatic carbocycles. The Hall–Kier alpha value is -0.360. The highest BCUT2D eigenvalue weighted by molar-refractivity contribution is 8.17. The molecule has 0 N–H and O–H groups in total. The van der Waals surface area contributed by atoms with Crippen molar-refractivity contribution in [2.24, 2.45) is 5.41 Å². The average Bonchev–Trinajstić information content (AvgIpc) is 2.76. The lowest BCUT2D eigenvalue weighted by molar-refractivity contribution is -0.148. The Morgan fingerprint density at radius 3 is 2.61 bits per heavy atom. The molecule has 2 saturated heterocycles. The molecule has 2 bridgehead atoms. The number of thioether (sulfide) groups is 2. The van der Waals surface area contributed by atoms with Crippen molar-refractivity contribution in [3.63, 3.8) is 0 Å². The zero-order valence-corrected chi connectivity index (χ0v) is 15.8. The molecule has 0 unspecified atom stereocenters. The van der Waals surface area contributed by atoms with Crippen molar-refractivity contribution in [3.8, 4) is 0 Å². The molecule has 1 aliphatic carbocycles. The fourth-order valence-electron chi connectivity index (χ4n) is 4.74. The summed E-state index contributed by atoms with van der Waals surface area (Å²) in [6.45, 7) is 4.73. The third kappa shape index (κ3) is 3.26. The van der Waals surface area contributed by atoms with Crippen LogP contribution in [-0.4, -0.2) is 51.6 Å². The van der Waals surface area contributed by atoms with Crippen molar-refractivity contribution >= 4 is 35.4 Å². The molecule has 2 heterocycles. The summed E-state index contributed by atoms with van der Waals surface area (Å²) in [7, 11) is 0. The Morgan fingerprint density at radius 1 is 1.22 bits per heavy atom. The van der Waals surface area contributed by atoms with Crippen LogP contribution < -0.4 is 0 Å². The van der Waals surface area contributed by atoms with E-state index in [2.05, 4.69) is 23.5 Å². The van der Waals surface area contributed by atoms with E-state index >= 15 is 0 Å². The first kappa shape index (κ1) is 17.5. The number of esters is 1. The molecular weight excluding hydrogens is 330 g/mol. The number of hydrogen-bond acceptors (Lipinski definition) is 5. The number of rotatable bonds is 4. The molecule has 3 rings (SSSR count). The molecular formula is C17H27NO3S2. The minimum atomic E-state index is -0.297. The number of amides is 1. The van der Waals surface area contributed by atoms with Crippen LogP contribution in [0.4, 0.5) is 0 Å². The van der Waals surface area contributed by atoms with Crippen LogP contribution in [0.5, 0.6) is 0 Å². The summed E-state index contributed by atoms with van der Waals surface area (Å²) in [5, 5.41) is 0. The quantitative estimate of drug-likeness (QED) is 0.723. The van der Waals surface area contributed by atoms with Gasteiger partial charge in [-0.05, 0) is 44.1 Å². The predicted molar refractivity (Wildman–Crippen MR) is 95.6 cm³/mol. The number of carbonyl (C=O) groups is 2. The van der Waals surface area contributed by atoms with E-state index in [-0.39, 0.29) is 22.8 Å². The number of hydrogen-bond donors (Lipinski definition) is 0. The van der Waals surface area contributed by atoms with Gasteiger partial charge in [0, 0.05) is 18.9 Å². The van der Waals surface area contributed by atoms with E-state index in [0.717, 1.165) is 25.8 Å². The van der Waals surface area contributed by atoms with Crippen molar-refractivity contribution in [1.29, 1.82) is 0 Å². The zero-order valence-electron chi connectivity index (χ0n) is 14.1. The van der Waals surface area contributed by atoms with Gasteiger partial charge in [0.15, 0.2) is 0 Å². The molecule has 1 saturated carbocycles. The van der Waals surface area contributed by atoms with Gasteiger partial charge in [0.05, 0.1) is 23.1 Å². The van der Waals surface area contributed by atoms with Gasteiger partial charge in [-0.2, -0.15) is 0 Å². The van der Waals surface area contributed by atoms with E-state index in [9.17, 15) is 9.59 Å². The molecule has 3 fully saturated rings. The fraction of sp³-hybridized carbons (Fsp3) is 0.882. The second kappa shape index (κ2) is 6.87. The number of carbonyl (C=O) groups excluding carboxylic acids is 2. The highest BCUT2D eigenvalue weighted by Crippen LogP contribution is 2.60. The summed E-state index contributed by atoms with van der Waals surface area (Å²) in [5.41, 5.74) is -0.110. The SMILES string of the molecule is CCOC(=O)C[C@@]12CCC[C@@](C3SCCCS3)(CN1C(C)=O)C2. The van der Waals surface area contributed by atoms with Crippen LogP contribution in [0.3, 0.4) is 0 Å². The second-order valence-electron chi connectivity index (χ2n) is 7.13. The average molecular weight is 358 g/mol. The molecule has 0 aromatic heterocycles. The maximum Gasteiger partial charge on any atom is 0.308 e. The maximum absolute atomic E-state index is 12.3. The molecule has 0 spiro atoms. The topological polar surface area (TPSA) is 46.6 Å². The first-order valence-electron chi connectivity index (χ1n) is 8.68. The second-order valence-corrected chi connectivity index (χ2v) is 9.86. The van der Waals surface area contributed by atoms with Gasteiger partial charge < -0.3 is 9.64 Å². The van der Waals surface area contributed by atoms with E-state index in [1.165, 1.54) is 24.3 Å². The standard InChI is InChI=1S/C17H27NO3S2/c1-3-21-14(20)10-17-7-4-6-16(11-17,12-18(17)13(2)19)15-22-8-5-9-23-15/h15H,3-12H2,1-2H3/t16-,17+/m0/s1. The number of nitrogens with zero attached hydrogens (tertiary/aromatic N) is 1. The normalized spacial score (nSPS) is 34.4. The van der Waals surface area contributed by atoms with E-state index < -0.39 is 0 Å². The Bertz CT molecular complexity index is 480. The maximum atomic E-state index is 12.3. The van der Waals surface area contributed by atoms with Crippen molar-refractivity contribution in [2.45, 2.75) is 62.5 Å². The number of ether oxygens (including phenoxy) is 1. The molecule has 1 amide bonds. The van der Waals surface area contributed by atoms with Gasteiger partial charge in [-0.1, -0.05) is 6.42 Å². The van der Waals surface area contributed by atoms with Crippen molar-refractivity contribution < 1.29 is 14.3 Å². The molecule has 3 aliphatic rings. The summed E-state index contributed by atoms with van der Waals surface area (Å²) in [6.07, 6.45) is 5.86.